The maximum absolute atomic E-state index is 12.5. The summed E-state index contributed by atoms with van der Waals surface area (Å²) >= 11 is 12.0. The largest absolute Gasteiger partial charge is 0.454 e. The number of nitrogens with one attached hydrogen (secondary N) is 1. The predicted octanol–water partition coefficient (Wildman–Crippen LogP) is 3.71. The first-order valence-electron chi connectivity index (χ1n) is 8.42. The van der Waals surface area contributed by atoms with Crippen LogP contribution in [0.15, 0.2) is 36.4 Å². The maximum Gasteiger partial charge on any atom is 0.231 e. The molecule has 1 N–H and O–H groups in total. The molecule has 2 aromatic carbocycles. The zero-order valence-corrected chi connectivity index (χ0v) is 15.7. The normalized spacial score (nSPS) is 18.1. The van der Waals surface area contributed by atoms with Gasteiger partial charge >= 0.3 is 0 Å². The minimum Gasteiger partial charge on any atom is -0.454 e. The number of hydrogen-bond donors (Lipinski definition) is 1. The van der Waals surface area contributed by atoms with Crippen molar-refractivity contribution in [3.8, 4) is 11.5 Å². The summed E-state index contributed by atoms with van der Waals surface area (Å²) in [5, 5.41) is 3.63. The zero-order chi connectivity index (χ0) is 19.0. The van der Waals surface area contributed by atoms with Gasteiger partial charge in [0, 0.05) is 24.5 Å². The molecule has 0 aromatic heterocycles. The van der Waals surface area contributed by atoms with E-state index < -0.39 is 5.92 Å². The lowest BCUT2D eigenvalue weighted by molar-refractivity contribution is -0.128. The zero-order valence-electron chi connectivity index (χ0n) is 14.2. The first-order chi connectivity index (χ1) is 13.0. The van der Waals surface area contributed by atoms with Crippen LogP contribution in [0.5, 0.6) is 11.5 Å². The molecule has 2 aliphatic rings. The number of benzene rings is 2. The van der Waals surface area contributed by atoms with Gasteiger partial charge in [-0.2, -0.15) is 0 Å². The number of ether oxygens (including phenoxy) is 2. The third kappa shape index (κ3) is 3.82. The fourth-order valence-corrected chi connectivity index (χ4v) is 3.53. The van der Waals surface area contributed by atoms with E-state index >= 15 is 0 Å². The van der Waals surface area contributed by atoms with E-state index in [0.29, 0.717) is 40.3 Å². The van der Waals surface area contributed by atoms with Crippen molar-refractivity contribution in [3.05, 3.63) is 52.0 Å². The van der Waals surface area contributed by atoms with Gasteiger partial charge < -0.3 is 19.7 Å². The molecular weight excluding hydrogens is 391 g/mol. The minimum absolute atomic E-state index is 0.0648. The van der Waals surface area contributed by atoms with Gasteiger partial charge in [-0.1, -0.05) is 29.3 Å². The average molecular weight is 407 g/mol. The molecule has 0 aliphatic carbocycles. The fourth-order valence-electron chi connectivity index (χ4n) is 3.19. The Kier molecular flexibility index (Phi) is 4.85. The summed E-state index contributed by atoms with van der Waals surface area (Å²) in [6, 6.07) is 10.4. The van der Waals surface area contributed by atoms with Gasteiger partial charge in [-0.05, 0) is 35.9 Å². The van der Waals surface area contributed by atoms with E-state index in [0.717, 1.165) is 5.56 Å². The van der Waals surface area contributed by atoms with E-state index in [2.05, 4.69) is 5.32 Å². The van der Waals surface area contributed by atoms with Crippen molar-refractivity contribution in [1.29, 1.82) is 0 Å². The molecule has 2 aromatic rings. The quantitative estimate of drug-likeness (QED) is 0.839. The Morgan fingerprint density at radius 3 is 2.81 bits per heavy atom. The van der Waals surface area contributed by atoms with Crippen LogP contribution in [0.1, 0.15) is 12.0 Å². The van der Waals surface area contributed by atoms with Gasteiger partial charge in [0.05, 0.1) is 16.6 Å². The Balaban J connectivity index is 1.41. The van der Waals surface area contributed by atoms with Crippen molar-refractivity contribution in [3.63, 3.8) is 0 Å². The molecule has 0 radical (unpaired) electrons. The second kappa shape index (κ2) is 7.29. The van der Waals surface area contributed by atoms with Crippen molar-refractivity contribution in [2.75, 3.05) is 18.7 Å². The van der Waals surface area contributed by atoms with E-state index in [-0.39, 0.29) is 25.0 Å². The number of nitrogens with zero attached hydrogens (tertiary/aromatic N) is 1. The van der Waals surface area contributed by atoms with Gasteiger partial charge in [0.25, 0.3) is 0 Å². The molecule has 2 amide bonds. The highest BCUT2D eigenvalue weighted by Gasteiger charge is 2.34. The molecule has 8 heteroatoms. The lowest BCUT2D eigenvalue weighted by Crippen LogP contribution is -2.28. The number of carbonyl (C=O) groups is 2. The topological polar surface area (TPSA) is 67.9 Å². The molecule has 140 valence electrons. The van der Waals surface area contributed by atoms with Crippen LogP contribution in [0, 0.1) is 5.92 Å². The Morgan fingerprint density at radius 1 is 1.15 bits per heavy atom. The van der Waals surface area contributed by atoms with Crippen LogP contribution in [0.3, 0.4) is 0 Å². The van der Waals surface area contributed by atoms with Crippen molar-refractivity contribution in [2.45, 2.75) is 13.0 Å². The van der Waals surface area contributed by atoms with E-state index in [9.17, 15) is 9.59 Å². The smallest absolute Gasteiger partial charge is 0.231 e. The first-order valence-corrected chi connectivity index (χ1v) is 9.17. The molecule has 0 saturated carbocycles. The summed E-state index contributed by atoms with van der Waals surface area (Å²) in [6.45, 7) is 0.963. The van der Waals surface area contributed by atoms with Gasteiger partial charge in [0.15, 0.2) is 11.5 Å². The molecule has 2 heterocycles. The van der Waals surface area contributed by atoms with Gasteiger partial charge in [0.2, 0.25) is 18.6 Å². The molecule has 1 fully saturated rings. The number of rotatable bonds is 4. The highest BCUT2D eigenvalue weighted by molar-refractivity contribution is 6.35. The van der Waals surface area contributed by atoms with E-state index in [4.69, 9.17) is 32.7 Å². The van der Waals surface area contributed by atoms with Gasteiger partial charge in [-0.15, -0.1) is 0 Å². The second-order valence-corrected chi connectivity index (χ2v) is 7.32. The molecule has 27 heavy (non-hydrogen) atoms. The highest BCUT2D eigenvalue weighted by Crippen LogP contribution is 2.33. The summed E-state index contributed by atoms with van der Waals surface area (Å²) in [7, 11) is 0. The number of halogens is 2. The minimum atomic E-state index is -0.443. The van der Waals surface area contributed by atoms with Crippen LogP contribution < -0.4 is 14.8 Å². The number of hydrogen-bond acceptors (Lipinski definition) is 4. The van der Waals surface area contributed by atoms with Gasteiger partial charge in [-0.3, -0.25) is 9.59 Å². The van der Waals surface area contributed by atoms with Crippen LogP contribution in [-0.4, -0.2) is 30.1 Å². The molecule has 0 spiro atoms. The van der Waals surface area contributed by atoms with E-state index in [1.54, 1.807) is 23.1 Å². The Bertz CT molecular complexity index is 919. The predicted molar refractivity (Wildman–Crippen MR) is 101 cm³/mol. The number of amides is 2. The number of anilines is 1. The molecule has 1 atom stereocenters. The monoisotopic (exact) mass is 406 g/mol. The van der Waals surface area contributed by atoms with Crippen LogP contribution in [-0.2, 0) is 16.1 Å². The van der Waals surface area contributed by atoms with Crippen molar-refractivity contribution in [1.82, 2.24) is 4.90 Å². The molecule has 1 unspecified atom stereocenters. The van der Waals surface area contributed by atoms with E-state index in [1.807, 2.05) is 18.2 Å². The van der Waals surface area contributed by atoms with Gasteiger partial charge in [-0.25, -0.2) is 0 Å². The molecule has 0 bridgehead atoms. The highest BCUT2D eigenvalue weighted by atomic mass is 35.5. The summed E-state index contributed by atoms with van der Waals surface area (Å²) in [5.74, 6) is 0.610. The Morgan fingerprint density at radius 2 is 1.96 bits per heavy atom. The summed E-state index contributed by atoms with van der Waals surface area (Å²) in [4.78, 5) is 26.6. The maximum atomic E-state index is 12.5. The molecular formula is C19H16Cl2N2O4. The number of carbonyl (C=O) groups excluding carboxylic acids is 2. The third-order valence-corrected chi connectivity index (χ3v) is 5.15. The Hall–Kier alpha value is -2.44. The molecule has 6 nitrogen and oxygen atoms in total. The second-order valence-electron chi connectivity index (χ2n) is 6.48. The SMILES string of the molecule is O=C(Nc1cc(Cl)ccc1Cl)C1CC(=O)N(Cc2ccc3c(c2)OCO3)C1. The van der Waals surface area contributed by atoms with Crippen LogP contribution in [0.25, 0.3) is 0 Å². The van der Waals surface area contributed by atoms with Crippen LogP contribution in [0.2, 0.25) is 10.0 Å². The molecule has 2 aliphatic heterocycles. The number of likely N-dealkylation sites (tertiary alicyclic amines) is 1. The lowest BCUT2D eigenvalue weighted by Gasteiger charge is -2.17. The first kappa shape index (κ1) is 17.9. The van der Waals surface area contributed by atoms with Gasteiger partial charge in [0.1, 0.15) is 0 Å². The third-order valence-electron chi connectivity index (χ3n) is 4.58. The lowest BCUT2D eigenvalue weighted by atomic mass is 10.1. The van der Waals surface area contributed by atoms with Crippen molar-refractivity contribution in [2.24, 2.45) is 5.92 Å². The van der Waals surface area contributed by atoms with Crippen LogP contribution in [0.4, 0.5) is 5.69 Å². The number of fused-ring (bicyclic) bond motifs is 1. The van der Waals surface area contributed by atoms with Crippen molar-refractivity contribution >= 4 is 40.7 Å². The standard InChI is InChI=1S/C19H16Cl2N2O4/c20-13-2-3-14(21)15(7-13)22-19(25)12-6-18(24)23(9-12)8-11-1-4-16-17(5-11)27-10-26-16/h1-5,7,12H,6,8-10H2,(H,22,25). The molecule has 4 rings (SSSR count). The average Bonchev–Trinajstić information content (AvgIpc) is 3.25. The fraction of sp³-hybridized carbons (Fsp3) is 0.263. The van der Waals surface area contributed by atoms with Crippen molar-refractivity contribution < 1.29 is 19.1 Å². The summed E-state index contributed by atoms with van der Waals surface area (Å²) in [5.41, 5.74) is 1.36. The summed E-state index contributed by atoms with van der Waals surface area (Å²) < 4.78 is 10.7. The van der Waals surface area contributed by atoms with Crippen LogP contribution >= 0.6 is 23.2 Å². The molecule has 1 saturated heterocycles. The Labute approximate surface area is 165 Å². The summed E-state index contributed by atoms with van der Waals surface area (Å²) in [6.07, 6.45) is 0.161. The van der Waals surface area contributed by atoms with E-state index in [1.165, 1.54) is 0 Å².